The minimum atomic E-state index is -0.525. The summed E-state index contributed by atoms with van der Waals surface area (Å²) in [5.41, 5.74) is 1.03. The highest BCUT2D eigenvalue weighted by molar-refractivity contribution is 6.32. The van der Waals surface area contributed by atoms with Crippen LogP contribution in [-0.2, 0) is 6.54 Å². The molecular weight excluding hydrogens is 418 g/mol. The lowest BCUT2D eigenvalue weighted by molar-refractivity contribution is -0.383. The number of rotatable bonds is 7. The van der Waals surface area contributed by atoms with Crippen molar-refractivity contribution in [2.45, 2.75) is 6.54 Å². The molecule has 0 aliphatic rings. The van der Waals surface area contributed by atoms with Gasteiger partial charge >= 0.3 is 5.69 Å². The minimum absolute atomic E-state index is 0.00103. The number of hydrogen-bond acceptors (Lipinski definition) is 8. The maximum Gasteiger partial charge on any atom is 0.354 e. The Labute approximate surface area is 182 Å². The summed E-state index contributed by atoms with van der Waals surface area (Å²) in [6, 6.07) is 18.2. The Morgan fingerprint density at radius 1 is 0.935 bits per heavy atom. The molecule has 0 aliphatic heterocycles. The minimum Gasteiger partial charge on any atom is -0.332 e. The molecule has 1 aromatic carbocycles. The Bertz CT molecular complexity index is 1190. The van der Waals surface area contributed by atoms with Crippen LogP contribution in [0.2, 0.25) is 5.15 Å². The van der Waals surface area contributed by atoms with E-state index >= 15 is 0 Å². The van der Waals surface area contributed by atoms with Crippen LogP contribution in [0.15, 0.2) is 79.4 Å². The number of pyridine rings is 2. The van der Waals surface area contributed by atoms with Crippen LogP contribution in [0.25, 0.3) is 0 Å². The summed E-state index contributed by atoms with van der Waals surface area (Å²) in [5.74, 6) is 0.613. The second-order valence-corrected chi connectivity index (χ2v) is 6.74. The number of nitrogens with zero attached hydrogens (tertiary/aromatic N) is 6. The molecule has 4 rings (SSSR count). The summed E-state index contributed by atoms with van der Waals surface area (Å²) in [4.78, 5) is 29.9. The van der Waals surface area contributed by atoms with Gasteiger partial charge in [0.1, 0.15) is 12.1 Å². The van der Waals surface area contributed by atoms with Gasteiger partial charge in [0.2, 0.25) is 11.6 Å². The van der Waals surface area contributed by atoms with Gasteiger partial charge in [-0.2, -0.15) is 0 Å². The number of nitro groups is 1. The van der Waals surface area contributed by atoms with E-state index in [1.165, 1.54) is 12.5 Å². The molecule has 0 saturated heterocycles. The molecule has 0 aliphatic carbocycles. The first-order valence-electron chi connectivity index (χ1n) is 9.23. The first-order valence-corrected chi connectivity index (χ1v) is 9.60. The van der Waals surface area contributed by atoms with Crippen LogP contribution in [-0.4, -0.2) is 24.9 Å². The summed E-state index contributed by atoms with van der Waals surface area (Å²) < 4.78 is 0. The fourth-order valence-electron chi connectivity index (χ4n) is 2.98. The van der Waals surface area contributed by atoms with E-state index in [2.05, 4.69) is 25.3 Å². The molecule has 0 unspecified atom stereocenters. The number of anilines is 4. The molecule has 3 heterocycles. The van der Waals surface area contributed by atoms with E-state index in [9.17, 15) is 10.1 Å². The first-order chi connectivity index (χ1) is 15.1. The van der Waals surface area contributed by atoms with Gasteiger partial charge in [0.25, 0.3) is 0 Å². The quantitative estimate of drug-likeness (QED) is 0.248. The van der Waals surface area contributed by atoms with Crippen molar-refractivity contribution in [2.75, 3.05) is 10.2 Å². The largest absolute Gasteiger partial charge is 0.354 e. The van der Waals surface area contributed by atoms with Crippen LogP contribution in [0.5, 0.6) is 0 Å². The molecule has 1 N–H and O–H groups in total. The summed E-state index contributed by atoms with van der Waals surface area (Å²) in [7, 11) is 0. The van der Waals surface area contributed by atoms with Crippen molar-refractivity contribution in [3.8, 4) is 0 Å². The molecule has 0 spiro atoms. The third-order valence-corrected chi connectivity index (χ3v) is 4.66. The van der Waals surface area contributed by atoms with E-state index in [-0.39, 0.29) is 22.5 Å². The Hall–Kier alpha value is -4.11. The van der Waals surface area contributed by atoms with Crippen molar-refractivity contribution in [1.82, 2.24) is 19.9 Å². The van der Waals surface area contributed by atoms with Gasteiger partial charge in [-0.3, -0.25) is 10.1 Å². The molecule has 0 fully saturated rings. The lowest BCUT2D eigenvalue weighted by atomic mass is 10.2. The van der Waals surface area contributed by atoms with Crippen LogP contribution in [0.3, 0.4) is 0 Å². The first kappa shape index (κ1) is 20.2. The summed E-state index contributed by atoms with van der Waals surface area (Å²) >= 11 is 6.10. The number of aromatic nitrogens is 4. The molecule has 0 saturated carbocycles. The van der Waals surface area contributed by atoms with E-state index in [0.717, 1.165) is 5.56 Å². The fourth-order valence-corrected chi connectivity index (χ4v) is 3.14. The van der Waals surface area contributed by atoms with E-state index in [0.29, 0.717) is 18.1 Å². The van der Waals surface area contributed by atoms with Gasteiger partial charge in [0.05, 0.1) is 17.2 Å². The average Bonchev–Trinajstić information content (AvgIpc) is 2.80. The zero-order valence-corrected chi connectivity index (χ0v) is 16.8. The zero-order valence-electron chi connectivity index (χ0n) is 16.1. The highest BCUT2D eigenvalue weighted by Gasteiger charge is 2.29. The summed E-state index contributed by atoms with van der Waals surface area (Å²) in [6.45, 7) is 0.322. The molecule has 0 bridgehead atoms. The molecule has 0 atom stereocenters. The Morgan fingerprint density at radius 2 is 1.71 bits per heavy atom. The highest BCUT2D eigenvalue weighted by atomic mass is 35.5. The predicted octanol–water partition coefficient (Wildman–Crippen LogP) is 4.91. The number of nitrogens with one attached hydrogen (secondary N) is 1. The number of halogens is 1. The smallest absolute Gasteiger partial charge is 0.332 e. The monoisotopic (exact) mass is 433 g/mol. The van der Waals surface area contributed by atoms with Crippen LogP contribution < -0.4 is 10.2 Å². The Balaban J connectivity index is 1.83. The number of hydrogen-bond donors (Lipinski definition) is 1. The van der Waals surface area contributed by atoms with Gasteiger partial charge in [-0.25, -0.2) is 19.9 Å². The zero-order chi connectivity index (χ0) is 21.6. The van der Waals surface area contributed by atoms with E-state index in [1.807, 2.05) is 36.4 Å². The van der Waals surface area contributed by atoms with E-state index < -0.39 is 4.92 Å². The molecule has 10 heteroatoms. The Morgan fingerprint density at radius 3 is 2.42 bits per heavy atom. The van der Waals surface area contributed by atoms with Crippen LogP contribution in [0, 0.1) is 10.1 Å². The topological polar surface area (TPSA) is 110 Å². The highest BCUT2D eigenvalue weighted by Crippen LogP contribution is 2.37. The van der Waals surface area contributed by atoms with Crippen molar-refractivity contribution >= 4 is 40.4 Å². The second-order valence-electron chi connectivity index (χ2n) is 6.38. The van der Waals surface area contributed by atoms with Gasteiger partial charge in [-0.15, -0.1) is 0 Å². The standard InChI is InChI=1S/C21H16ClN7O2/c22-19-16(9-6-12-24-19)27-20-18(29(30)31)21(26-14-25-20)28(17-10-4-5-11-23-17)13-15-7-2-1-3-8-15/h1-12,14H,13H2,(H,25,26,27). The third kappa shape index (κ3) is 4.57. The van der Waals surface area contributed by atoms with Gasteiger partial charge in [-0.1, -0.05) is 48.0 Å². The van der Waals surface area contributed by atoms with Crippen molar-refractivity contribution < 1.29 is 4.92 Å². The number of benzene rings is 1. The van der Waals surface area contributed by atoms with Gasteiger partial charge in [0.15, 0.2) is 5.15 Å². The summed E-state index contributed by atoms with van der Waals surface area (Å²) in [5, 5.41) is 15.2. The van der Waals surface area contributed by atoms with Gasteiger partial charge in [0, 0.05) is 12.4 Å². The maximum absolute atomic E-state index is 12.1. The van der Waals surface area contributed by atoms with Crippen molar-refractivity contribution in [1.29, 1.82) is 0 Å². The van der Waals surface area contributed by atoms with E-state index in [1.54, 1.807) is 35.4 Å². The fraction of sp³-hybridized carbons (Fsp3) is 0.0476. The molecule has 0 radical (unpaired) electrons. The maximum atomic E-state index is 12.1. The van der Waals surface area contributed by atoms with Crippen molar-refractivity contribution in [3.05, 3.63) is 100 Å². The van der Waals surface area contributed by atoms with Crippen molar-refractivity contribution in [3.63, 3.8) is 0 Å². The molecular formula is C21H16ClN7O2. The lowest BCUT2D eigenvalue weighted by Crippen LogP contribution is -2.21. The second kappa shape index (κ2) is 9.14. The van der Waals surface area contributed by atoms with E-state index in [4.69, 9.17) is 11.6 Å². The molecule has 154 valence electrons. The van der Waals surface area contributed by atoms with Crippen LogP contribution in [0.4, 0.5) is 28.8 Å². The normalized spacial score (nSPS) is 10.5. The third-order valence-electron chi connectivity index (χ3n) is 4.36. The molecule has 4 aromatic rings. The average molecular weight is 434 g/mol. The van der Waals surface area contributed by atoms with Crippen molar-refractivity contribution in [2.24, 2.45) is 0 Å². The molecule has 9 nitrogen and oxygen atoms in total. The SMILES string of the molecule is O=[N+]([O-])c1c(Nc2cccnc2Cl)ncnc1N(Cc1ccccc1)c1ccccn1. The molecule has 3 aromatic heterocycles. The molecule has 31 heavy (non-hydrogen) atoms. The predicted molar refractivity (Wildman–Crippen MR) is 118 cm³/mol. The van der Waals surface area contributed by atoms with Crippen LogP contribution >= 0.6 is 11.6 Å². The molecule has 0 amide bonds. The van der Waals surface area contributed by atoms with Gasteiger partial charge < -0.3 is 10.2 Å². The Kier molecular flexibility index (Phi) is 5.95. The lowest BCUT2D eigenvalue weighted by Gasteiger charge is -2.23. The summed E-state index contributed by atoms with van der Waals surface area (Å²) in [6.07, 6.45) is 4.40. The van der Waals surface area contributed by atoms with Crippen LogP contribution in [0.1, 0.15) is 5.56 Å². The van der Waals surface area contributed by atoms with Gasteiger partial charge in [-0.05, 0) is 29.8 Å².